The minimum Gasteiger partial charge on any atom is -0.492 e. The molecule has 6 nitrogen and oxygen atoms in total. The van der Waals surface area contributed by atoms with Gasteiger partial charge in [0.1, 0.15) is 18.1 Å². The van der Waals surface area contributed by atoms with Gasteiger partial charge in [-0.25, -0.2) is 4.79 Å². The third kappa shape index (κ3) is 3.49. The first-order chi connectivity index (χ1) is 12.3. The maximum atomic E-state index is 12.8. The summed E-state index contributed by atoms with van der Waals surface area (Å²) < 4.78 is 11.5. The van der Waals surface area contributed by atoms with Crippen LogP contribution in [0.2, 0.25) is 0 Å². The number of carboxylic acid groups (broad SMARTS) is 1. The Hall–Kier alpha value is -3.02. The average Bonchev–Trinajstić information content (AvgIpc) is 2.59. The number of ether oxygens (including phenoxy) is 2. The van der Waals surface area contributed by atoms with Crippen molar-refractivity contribution >= 4 is 17.6 Å². The summed E-state index contributed by atoms with van der Waals surface area (Å²) >= 11 is 0. The van der Waals surface area contributed by atoms with Crippen LogP contribution in [-0.2, 0) is 4.79 Å². The number of amides is 1. The summed E-state index contributed by atoms with van der Waals surface area (Å²) in [5.74, 6) is -0.0917. The highest BCUT2D eigenvalue weighted by Gasteiger charge is 2.41. The van der Waals surface area contributed by atoms with Crippen LogP contribution in [0.4, 0.5) is 5.69 Å². The highest BCUT2D eigenvalue weighted by atomic mass is 16.5. The molecule has 2 aromatic carbocycles. The minimum atomic E-state index is -1.05. The van der Waals surface area contributed by atoms with Crippen LogP contribution in [0.25, 0.3) is 0 Å². The van der Waals surface area contributed by atoms with E-state index in [9.17, 15) is 14.7 Å². The molecule has 0 spiro atoms. The van der Waals surface area contributed by atoms with Gasteiger partial charge in [-0.1, -0.05) is 17.7 Å². The zero-order chi connectivity index (χ0) is 18.9. The quantitative estimate of drug-likeness (QED) is 0.891. The first kappa shape index (κ1) is 17.8. The molecule has 26 heavy (non-hydrogen) atoms. The van der Waals surface area contributed by atoms with Crippen LogP contribution >= 0.6 is 0 Å². The number of rotatable bonds is 5. The number of nitrogens with zero attached hydrogens (tertiary/aromatic N) is 1. The number of carboxylic acids is 1. The van der Waals surface area contributed by atoms with E-state index < -0.39 is 11.6 Å². The minimum absolute atomic E-state index is 0.101. The number of fused-ring (bicyclic) bond motifs is 1. The lowest BCUT2D eigenvalue weighted by molar-refractivity contribution is -0.132. The van der Waals surface area contributed by atoms with Gasteiger partial charge in [-0.2, -0.15) is 0 Å². The summed E-state index contributed by atoms with van der Waals surface area (Å²) in [6, 6.07) is 12.2. The number of hydrogen-bond acceptors (Lipinski definition) is 4. The third-order valence-corrected chi connectivity index (χ3v) is 4.23. The number of benzene rings is 2. The molecule has 0 bridgehead atoms. The van der Waals surface area contributed by atoms with E-state index in [0.717, 1.165) is 11.3 Å². The summed E-state index contributed by atoms with van der Waals surface area (Å²) in [6.07, 6.45) is 0. The molecule has 3 rings (SSSR count). The van der Waals surface area contributed by atoms with Gasteiger partial charge in [-0.05, 0) is 51.1 Å². The van der Waals surface area contributed by atoms with E-state index in [0.29, 0.717) is 11.4 Å². The fraction of sp³-hybridized carbons (Fsp3) is 0.300. The van der Waals surface area contributed by atoms with Gasteiger partial charge >= 0.3 is 5.97 Å². The van der Waals surface area contributed by atoms with E-state index in [4.69, 9.17) is 9.47 Å². The van der Waals surface area contributed by atoms with E-state index in [1.54, 1.807) is 19.9 Å². The zero-order valence-corrected chi connectivity index (χ0v) is 15.0. The fourth-order valence-corrected chi connectivity index (χ4v) is 2.81. The molecule has 0 saturated carbocycles. The normalized spacial score (nSPS) is 15.2. The molecule has 0 atom stereocenters. The molecule has 0 aliphatic carbocycles. The van der Waals surface area contributed by atoms with Gasteiger partial charge < -0.3 is 19.5 Å². The zero-order valence-electron chi connectivity index (χ0n) is 15.0. The van der Waals surface area contributed by atoms with E-state index in [2.05, 4.69) is 0 Å². The maximum Gasteiger partial charge on any atom is 0.335 e. The number of hydrogen-bond donors (Lipinski definition) is 1. The molecule has 0 fully saturated rings. The van der Waals surface area contributed by atoms with Crippen LogP contribution in [0, 0.1) is 6.92 Å². The van der Waals surface area contributed by atoms with E-state index in [-0.39, 0.29) is 24.6 Å². The summed E-state index contributed by atoms with van der Waals surface area (Å²) in [4.78, 5) is 25.6. The van der Waals surface area contributed by atoms with E-state index in [1.165, 1.54) is 17.0 Å². The van der Waals surface area contributed by atoms with Crippen molar-refractivity contribution in [3.8, 4) is 11.5 Å². The maximum absolute atomic E-state index is 12.8. The van der Waals surface area contributed by atoms with Gasteiger partial charge in [0, 0.05) is 0 Å². The second-order valence-electron chi connectivity index (χ2n) is 6.72. The Balaban J connectivity index is 1.82. The molecule has 0 radical (unpaired) electrons. The van der Waals surface area contributed by atoms with Crippen molar-refractivity contribution < 1.29 is 24.2 Å². The lowest BCUT2D eigenvalue weighted by Crippen LogP contribution is -2.53. The van der Waals surface area contributed by atoms with E-state index in [1.807, 2.05) is 31.2 Å². The van der Waals surface area contributed by atoms with Crippen LogP contribution in [0.3, 0.4) is 0 Å². The summed E-state index contributed by atoms with van der Waals surface area (Å²) in [5, 5.41) is 9.22. The van der Waals surface area contributed by atoms with Crippen LogP contribution in [0.5, 0.6) is 11.5 Å². The second kappa shape index (κ2) is 6.71. The molecule has 0 aromatic heterocycles. The van der Waals surface area contributed by atoms with Crippen LogP contribution in [0.1, 0.15) is 29.8 Å². The standard InChI is InChI=1S/C20H21NO5/c1-13-4-7-15(8-5-13)25-11-10-21-16-12-14(18(22)23)6-9-17(16)26-20(2,3)19(21)24/h4-9,12H,10-11H2,1-3H3,(H,22,23). The highest BCUT2D eigenvalue weighted by molar-refractivity contribution is 6.03. The first-order valence-electron chi connectivity index (χ1n) is 8.36. The van der Waals surface area contributed by atoms with Crippen molar-refractivity contribution in [2.75, 3.05) is 18.1 Å². The number of carbonyl (C=O) groups excluding carboxylic acids is 1. The SMILES string of the molecule is Cc1ccc(OCCN2C(=O)C(C)(C)Oc3ccc(C(=O)O)cc32)cc1. The van der Waals surface area contributed by atoms with Gasteiger partial charge in [0.15, 0.2) is 5.60 Å². The Morgan fingerprint density at radius 2 is 1.88 bits per heavy atom. The van der Waals surface area contributed by atoms with Crippen LogP contribution < -0.4 is 14.4 Å². The highest BCUT2D eigenvalue weighted by Crippen LogP contribution is 2.38. The summed E-state index contributed by atoms with van der Waals surface area (Å²) in [6.45, 7) is 5.95. The molecule has 0 saturated heterocycles. The molecule has 2 aromatic rings. The average molecular weight is 355 g/mol. The van der Waals surface area contributed by atoms with Crippen LogP contribution in [0.15, 0.2) is 42.5 Å². The molecular formula is C20H21NO5. The van der Waals surface area contributed by atoms with Crippen molar-refractivity contribution in [3.63, 3.8) is 0 Å². The van der Waals surface area contributed by atoms with E-state index >= 15 is 0 Å². The Morgan fingerprint density at radius 1 is 1.19 bits per heavy atom. The van der Waals surface area contributed by atoms with Crippen molar-refractivity contribution in [2.24, 2.45) is 0 Å². The smallest absolute Gasteiger partial charge is 0.335 e. The number of aryl methyl sites for hydroxylation is 1. The van der Waals surface area contributed by atoms with Gasteiger partial charge in [0.05, 0.1) is 17.8 Å². The Kier molecular flexibility index (Phi) is 4.59. The lowest BCUT2D eigenvalue weighted by atomic mass is 10.0. The molecule has 0 unspecified atom stereocenters. The monoisotopic (exact) mass is 355 g/mol. The van der Waals surface area contributed by atoms with Crippen molar-refractivity contribution in [3.05, 3.63) is 53.6 Å². The molecule has 6 heteroatoms. The fourth-order valence-electron chi connectivity index (χ4n) is 2.81. The second-order valence-corrected chi connectivity index (χ2v) is 6.72. The third-order valence-electron chi connectivity index (χ3n) is 4.23. The predicted molar refractivity (Wildman–Crippen MR) is 97.1 cm³/mol. The summed E-state index contributed by atoms with van der Waals surface area (Å²) in [7, 11) is 0. The summed E-state index contributed by atoms with van der Waals surface area (Å²) in [5.41, 5.74) is 0.658. The molecular weight excluding hydrogens is 334 g/mol. The molecule has 1 N–H and O–H groups in total. The molecule has 1 heterocycles. The number of anilines is 1. The Labute approximate surface area is 152 Å². The van der Waals surface area contributed by atoms with Gasteiger partial charge in [-0.15, -0.1) is 0 Å². The lowest BCUT2D eigenvalue weighted by Gasteiger charge is -2.38. The molecule has 1 amide bonds. The molecule has 1 aliphatic heterocycles. The topological polar surface area (TPSA) is 76.1 Å². The predicted octanol–water partition coefficient (Wildman–Crippen LogP) is 3.28. The molecule has 1 aliphatic rings. The van der Waals surface area contributed by atoms with Gasteiger partial charge in [0.2, 0.25) is 0 Å². The van der Waals surface area contributed by atoms with Gasteiger partial charge in [-0.3, -0.25) is 4.79 Å². The largest absolute Gasteiger partial charge is 0.492 e. The Bertz CT molecular complexity index is 842. The van der Waals surface area contributed by atoms with Gasteiger partial charge in [0.25, 0.3) is 5.91 Å². The van der Waals surface area contributed by atoms with Crippen LogP contribution in [-0.4, -0.2) is 35.7 Å². The van der Waals surface area contributed by atoms with Crippen molar-refractivity contribution in [2.45, 2.75) is 26.4 Å². The van der Waals surface area contributed by atoms with Crippen molar-refractivity contribution in [1.29, 1.82) is 0 Å². The number of carbonyl (C=O) groups is 2. The number of aromatic carboxylic acids is 1. The van der Waals surface area contributed by atoms with Crippen molar-refractivity contribution in [1.82, 2.24) is 0 Å². The molecule has 136 valence electrons. The first-order valence-corrected chi connectivity index (χ1v) is 8.36. The Morgan fingerprint density at radius 3 is 2.54 bits per heavy atom.